The molecule has 2 rings (SSSR count). The van der Waals surface area contributed by atoms with E-state index < -0.39 is 0 Å². The summed E-state index contributed by atoms with van der Waals surface area (Å²) in [5.74, 6) is 0.821. The maximum atomic E-state index is 9.90. The minimum Gasteiger partial charge on any atom is -0.508 e. The molecule has 0 spiro atoms. The Kier molecular flexibility index (Phi) is 5.77. The van der Waals surface area contributed by atoms with Crippen molar-refractivity contribution >= 4 is 17.2 Å². The van der Waals surface area contributed by atoms with Gasteiger partial charge in [0.2, 0.25) is 5.89 Å². The molecule has 3 N–H and O–H groups in total. The number of phenols is 1. The van der Waals surface area contributed by atoms with Crippen LogP contribution in [-0.4, -0.2) is 28.8 Å². The summed E-state index contributed by atoms with van der Waals surface area (Å²) in [4.78, 5) is 4.28. The number of aromatic hydroxyl groups is 1. The molecule has 2 aromatic rings. The highest BCUT2D eigenvalue weighted by atomic mass is 16.3. The van der Waals surface area contributed by atoms with Gasteiger partial charge in [0, 0.05) is 24.3 Å². The zero-order chi connectivity index (χ0) is 16.7. The summed E-state index contributed by atoms with van der Waals surface area (Å²) in [6.07, 6.45) is 10.6. The molecule has 1 aromatic heterocycles. The highest BCUT2D eigenvalue weighted by molar-refractivity contribution is 5.75. The zero-order valence-electron chi connectivity index (χ0n) is 13.2. The Morgan fingerprint density at radius 1 is 1.35 bits per heavy atom. The number of aromatic nitrogens is 1. The van der Waals surface area contributed by atoms with E-state index >= 15 is 0 Å². The van der Waals surface area contributed by atoms with E-state index in [0.29, 0.717) is 23.5 Å². The van der Waals surface area contributed by atoms with Crippen LogP contribution in [0, 0.1) is 0 Å². The summed E-state index contributed by atoms with van der Waals surface area (Å²) >= 11 is 0. The third-order valence-electron chi connectivity index (χ3n) is 3.12. The second-order valence-corrected chi connectivity index (χ2v) is 4.81. The van der Waals surface area contributed by atoms with E-state index in [1.54, 1.807) is 42.5 Å². The van der Waals surface area contributed by atoms with Gasteiger partial charge < -0.3 is 19.9 Å². The molecule has 1 heterocycles. The SMILES string of the molecule is C/C=C(/C=C/C=C/c1nc2ccc(O)cc2o1)C(\O)=C/CNC. The molecular weight excluding hydrogens is 292 g/mol. The standard InChI is InChI=1S/C18H20N2O3/c1-3-13(16(22)10-11-19-2)6-4-5-7-18-20-15-9-8-14(21)12-17(15)23-18/h3-10,12,19,21-22H,11H2,1-2H3/b6-4+,7-5+,13-3-,16-10+. The van der Waals surface area contributed by atoms with E-state index in [1.165, 1.54) is 6.07 Å². The van der Waals surface area contributed by atoms with Crippen LogP contribution in [0.5, 0.6) is 5.75 Å². The molecular formula is C18H20N2O3. The van der Waals surface area contributed by atoms with Crippen molar-refractivity contribution in [1.82, 2.24) is 10.3 Å². The summed E-state index contributed by atoms with van der Waals surface area (Å²) in [5.41, 5.74) is 1.95. The first kappa shape index (κ1) is 16.6. The van der Waals surface area contributed by atoms with E-state index in [2.05, 4.69) is 10.3 Å². The van der Waals surface area contributed by atoms with Gasteiger partial charge in [0.05, 0.1) is 0 Å². The molecule has 0 aliphatic carbocycles. The summed E-state index contributed by atoms with van der Waals surface area (Å²) in [7, 11) is 1.82. The van der Waals surface area contributed by atoms with Gasteiger partial charge in [-0.15, -0.1) is 0 Å². The molecule has 0 unspecified atom stereocenters. The van der Waals surface area contributed by atoms with Crippen LogP contribution < -0.4 is 5.32 Å². The predicted octanol–water partition coefficient (Wildman–Crippen LogP) is 3.71. The number of likely N-dealkylation sites (N-methyl/N-ethyl adjacent to an activating group) is 1. The van der Waals surface area contributed by atoms with Gasteiger partial charge >= 0.3 is 0 Å². The highest BCUT2D eigenvalue weighted by Crippen LogP contribution is 2.21. The number of fused-ring (bicyclic) bond motifs is 1. The Morgan fingerprint density at radius 2 is 2.17 bits per heavy atom. The number of benzene rings is 1. The van der Waals surface area contributed by atoms with Crippen molar-refractivity contribution in [2.45, 2.75) is 6.92 Å². The summed E-state index contributed by atoms with van der Waals surface area (Å²) in [6, 6.07) is 4.79. The third kappa shape index (κ3) is 4.59. The van der Waals surface area contributed by atoms with Crippen molar-refractivity contribution in [3.8, 4) is 5.75 Å². The first-order valence-electron chi connectivity index (χ1n) is 7.28. The van der Waals surface area contributed by atoms with Crippen molar-refractivity contribution in [3.05, 3.63) is 65.8 Å². The quantitative estimate of drug-likeness (QED) is 0.560. The number of allylic oxidation sites excluding steroid dienone is 4. The van der Waals surface area contributed by atoms with Gasteiger partial charge in [-0.2, -0.15) is 0 Å². The Bertz CT molecular complexity index is 783. The fourth-order valence-electron chi connectivity index (χ4n) is 1.95. The monoisotopic (exact) mass is 312 g/mol. The maximum Gasteiger partial charge on any atom is 0.219 e. The number of oxazole rings is 1. The van der Waals surface area contributed by atoms with Crippen LogP contribution in [-0.2, 0) is 0 Å². The summed E-state index contributed by atoms with van der Waals surface area (Å²) in [5, 5.41) is 22.2. The van der Waals surface area contributed by atoms with Crippen molar-refractivity contribution in [2.24, 2.45) is 0 Å². The lowest BCUT2D eigenvalue weighted by Gasteiger charge is -1.99. The molecule has 0 aliphatic heterocycles. The highest BCUT2D eigenvalue weighted by Gasteiger charge is 2.03. The Morgan fingerprint density at radius 3 is 2.91 bits per heavy atom. The topological polar surface area (TPSA) is 78.5 Å². The van der Waals surface area contributed by atoms with Crippen molar-refractivity contribution in [3.63, 3.8) is 0 Å². The minimum absolute atomic E-state index is 0.144. The molecule has 0 saturated carbocycles. The van der Waals surface area contributed by atoms with Gasteiger partial charge in [0.15, 0.2) is 5.58 Å². The Balaban J connectivity index is 2.07. The van der Waals surface area contributed by atoms with Crippen LogP contribution >= 0.6 is 0 Å². The number of aliphatic hydroxyl groups excluding tert-OH is 1. The second-order valence-electron chi connectivity index (χ2n) is 4.81. The molecule has 120 valence electrons. The predicted molar refractivity (Wildman–Crippen MR) is 92.2 cm³/mol. The van der Waals surface area contributed by atoms with Crippen LogP contribution in [0.4, 0.5) is 0 Å². The average Bonchev–Trinajstić information content (AvgIpc) is 2.94. The van der Waals surface area contributed by atoms with Gasteiger partial charge in [-0.3, -0.25) is 0 Å². The second kappa shape index (κ2) is 8.00. The molecule has 23 heavy (non-hydrogen) atoms. The minimum atomic E-state index is 0.144. The Hall–Kier alpha value is -2.79. The van der Waals surface area contributed by atoms with Crippen molar-refractivity contribution < 1.29 is 14.6 Å². The van der Waals surface area contributed by atoms with Gasteiger partial charge in [0.1, 0.15) is 17.0 Å². The molecule has 0 aliphatic rings. The van der Waals surface area contributed by atoms with E-state index in [-0.39, 0.29) is 11.5 Å². The molecule has 0 amide bonds. The van der Waals surface area contributed by atoms with Crippen LogP contribution in [0.3, 0.4) is 0 Å². The fourth-order valence-corrected chi connectivity index (χ4v) is 1.95. The number of phenolic OH excluding ortho intramolecular Hbond substituents is 1. The number of hydrogen-bond donors (Lipinski definition) is 3. The molecule has 5 nitrogen and oxygen atoms in total. The summed E-state index contributed by atoms with van der Waals surface area (Å²) < 4.78 is 5.51. The van der Waals surface area contributed by atoms with Crippen LogP contribution in [0.15, 0.2) is 64.3 Å². The van der Waals surface area contributed by atoms with Crippen LogP contribution in [0.1, 0.15) is 12.8 Å². The fraction of sp³-hybridized carbons (Fsp3) is 0.167. The van der Waals surface area contributed by atoms with E-state index in [9.17, 15) is 10.2 Å². The largest absolute Gasteiger partial charge is 0.508 e. The zero-order valence-corrected chi connectivity index (χ0v) is 13.2. The smallest absolute Gasteiger partial charge is 0.219 e. The molecule has 0 radical (unpaired) electrons. The van der Waals surface area contributed by atoms with Gasteiger partial charge in [0.25, 0.3) is 0 Å². The third-order valence-corrected chi connectivity index (χ3v) is 3.12. The van der Waals surface area contributed by atoms with Crippen molar-refractivity contribution in [1.29, 1.82) is 0 Å². The molecule has 0 bridgehead atoms. The molecule has 0 fully saturated rings. The number of hydrogen-bond acceptors (Lipinski definition) is 5. The maximum absolute atomic E-state index is 9.90. The van der Waals surface area contributed by atoms with E-state index in [1.807, 2.05) is 20.0 Å². The van der Waals surface area contributed by atoms with E-state index in [4.69, 9.17) is 4.42 Å². The van der Waals surface area contributed by atoms with Crippen LogP contribution in [0.25, 0.3) is 17.2 Å². The lowest BCUT2D eigenvalue weighted by Crippen LogP contribution is -2.05. The van der Waals surface area contributed by atoms with Gasteiger partial charge in [-0.05, 0) is 32.2 Å². The normalized spacial score (nSPS) is 13.7. The lowest BCUT2D eigenvalue weighted by molar-refractivity contribution is 0.423. The Labute approximate surface area is 135 Å². The average molecular weight is 312 g/mol. The number of nitrogens with zero attached hydrogens (tertiary/aromatic N) is 1. The van der Waals surface area contributed by atoms with Gasteiger partial charge in [-0.25, -0.2) is 4.98 Å². The molecule has 5 heteroatoms. The van der Waals surface area contributed by atoms with Crippen LogP contribution in [0.2, 0.25) is 0 Å². The van der Waals surface area contributed by atoms with Crippen molar-refractivity contribution in [2.75, 3.05) is 13.6 Å². The number of nitrogens with one attached hydrogen (secondary N) is 1. The van der Waals surface area contributed by atoms with Gasteiger partial charge in [-0.1, -0.05) is 24.3 Å². The number of rotatable bonds is 6. The first-order valence-corrected chi connectivity index (χ1v) is 7.28. The number of aliphatic hydroxyl groups is 1. The molecule has 0 atom stereocenters. The first-order chi connectivity index (χ1) is 11.1. The molecule has 1 aromatic carbocycles. The summed E-state index contributed by atoms with van der Waals surface area (Å²) in [6.45, 7) is 2.46. The lowest BCUT2D eigenvalue weighted by atomic mass is 10.2. The van der Waals surface area contributed by atoms with E-state index in [0.717, 1.165) is 5.57 Å². The molecule has 0 saturated heterocycles.